The van der Waals surface area contributed by atoms with Gasteiger partial charge in [-0.2, -0.15) is 0 Å². The summed E-state index contributed by atoms with van der Waals surface area (Å²) in [5, 5.41) is 9.13. The van der Waals surface area contributed by atoms with E-state index >= 15 is 0 Å². The van der Waals surface area contributed by atoms with Gasteiger partial charge >= 0.3 is 0 Å². The standard InChI is InChI=1S/C6H5BrINO/c1-3-5(10)2-4(7)6(8)9-3/h2,10H,1H3. The Morgan fingerprint density at radius 1 is 1.70 bits per heavy atom. The molecule has 10 heavy (non-hydrogen) atoms. The predicted molar refractivity (Wildman–Crippen MR) is 51.1 cm³/mol. The van der Waals surface area contributed by atoms with Gasteiger partial charge in [-0.05, 0) is 51.5 Å². The van der Waals surface area contributed by atoms with E-state index in [1.807, 2.05) is 0 Å². The molecule has 0 aliphatic rings. The van der Waals surface area contributed by atoms with Crippen molar-refractivity contribution < 1.29 is 5.11 Å². The van der Waals surface area contributed by atoms with Crippen LogP contribution in [0.15, 0.2) is 10.5 Å². The van der Waals surface area contributed by atoms with Crippen LogP contribution in [-0.2, 0) is 0 Å². The number of nitrogens with zero attached hydrogens (tertiary/aromatic N) is 1. The quantitative estimate of drug-likeness (QED) is 0.589. The monoisotopic (exact) mass is 313 g/mol. The second kappa shape index (κ2) is 3.04. The minimum Gasteiger partial charge on any atom is -0.506 e. The summed E-state index contributed by atoms with van der Waals surface area (Å²) in [4.78, 5) is 4.06. The first kappa shape index (κ1) is 8.26. The van der Waals surface area contributed by atoms with E-state index in [4.69, 9.17) is 5.11 Å². The van der Waals surface area contributed by atoms with Crippen molar-refractivity contribution in [2.24, 2.45) is 0 Å². The summed E-state index contributed by atoms with van der Waals surface area (Å²) in [5.41, 5.74) is 0.660. The number of aryl methyl sites for hydroxylation is 1. The van der Waals surface area contributed by atoms with Crippen molar-refractivity contribution in [3.63, 3.8) is 0 Å². The summed E-state index contributed by atoms with van der Waals surface area (Å²) in [6.45, 7) is 1.77. The van der Waals surface area contributed by atoms with Gasteiger partial charge in [-0.15, -0.1) is 0 Å². The fraction of sp³-hybridized carbons (Fsp3) is 0.167. The zero-order chi connectivity index (χ0) is 7.72. The number of hydrogen-bond donors (Lipinski definition) is 1. The van der Waals surface area contributed by atoms with Crippen molar-refractivity contribution in [3.8, 4) is 5.75 Å². The largest absolute Gasteiger partial charge is 0.506 e. The van der Waals surface area contributed by atoms with Gasteiger partial charge in [-0.3, -0.25) is 0 Å². The van der Waals surface area contributed by atoms with Crippen LogP contribution in [-0.4, -0.2) is 10.1 Å². The highest BCUT2D eigenvalue weighted by molar-refractivity contribution is 14.1. The molecule has 0 saturated heterocycles. The van der Waals surface area contributed by atoms with Gasteiger partial charge < -0.3 is 5.11 Å². The SMILES string of the molecule is Cc1nc(I)c(Br)cc1O. The number of hydrogen-bond acceptors (Lipinski definition) is 2. The third kappa shape index (κ3) is 1.60. The minimum atomic E-state index is 0.229. The van der Waals surface area contributed by atoms with Crippen LogP contribution in [0.25, 0.3) is 0 Å². The van der Waals surface area contributed by atoms with Crippen LogP contribution < -0.4 is 0 Å². The lowest BCUT2D eigenvalue weighted by atomic mass is 10.3. The molecule has 0 amide bonds. The van der Waals surface area contributed by atoms with E-state index in [1.165, 1.54) is 0 Å². The van der Waals surface area contributed by atoms with Gasteiger partial charge in [0.1, 0.15) is 9.45 Å². The second-order valence-corrected chi connectivity index (χ2v) is 3.74. The van der Waals surface area contributed by atoms with Crippen molar-refractivity contribution in [2.75, 3.05) is 0 Å². The number of aromatic nitrogens is 1. The molecule has 0 saturated carbocycles. The number of aromatic hydroxyl groups is 1. The Bertz CT molecular complexity index is 214. The number of rotatable bonds is 0. The molecule has 1 aromatic heterocycles. The van der Waals surface area contributed by atoms with Crippen LogP contribution in [0.5, 0.6) is 5.75 Å². The minimum absolute atomic E-state index is 0.229. The maximum absolute atomic E-state index is 9.13. The van der Waals surface area contributed by atoms with Gasteiger partial charge in [0.05, 0.1) is 10.2 Å². The van der Waals surface area contributed by atoms with Gasteiger partial charge in [0.2, 0.25) is 0 Å². The van der Waals surface area contributed by atoms with Crippen molar-refractivity contribution >= 4 is 38.5 Å². The molecule has 54 valence electrons. The van der Waals surface area contributed by atoms with Gasteiger partial charge in [0.25, 0.3) is 0 Å². The molecule has 2 nitrogen and oxygen atoms in total. The topological polar surface area (TPSA) is 33.1 Å². The molecule has 1 aromatic rings. The molecule has 0 unspecified atom stereocenters. The predicted octanol–water partition coefficient (Wildman–Crippen LogP) is 2.46. The first-order valence-corrected chi connectivity index (χ1v) is 4.50. The highest BCUT2D eigenvalue weighted by Crippen LogP contribution is 2.23. The maximum Gasteiger partial charge on any atom is 0.137 e. The van der Waals surface area contributed by atoms with E-state index in [0.717, 1.165) is 8.17 Å². The highest BCUT2D eigenvalue weighted by Gasteiger charge is 2.01. The van der Waals surface area contributed by atoms with E-state index in [0.29, 0.717) is 5.69 Å². The maximum atomic E-state index is 9.13. The molecule has 0 bridgehead atoms. The van der Waals surface area contributed by atoms with Gasteiger partial charge in [-0.1, -0.05) is 0 Å². The van der Waals surface area contributed by atoms with E-state index < -0.39 is 0 Å². The summed E-state index contributed by atoms with van der Waals surface area (Å²) in [6.07, 6.45) is 0. The fourth-order valence-corrected chi connectivity index (χ4v) is 1.36. The molecule has 0 spiro atoms. The lowest BCUT2D eigenvalue weighted by molar-refractivity contribution is 0.466. The Kier molecular flexibility index (Phi) is 2.51. The molecule has 0 radical (unpaired) electrons. The Morgan fingerprint density at radius 2 is 2.30 bits per heavy atom. The van der Waals surface area contributed by atoms with Gasteiger partial charge in [-0.25, -0.2) is 4.98 Å². The van der Waals surface area contributed by atoms with Crippen LogP contribution in [0.3, 0.4) is 0 Å². The van der Waals surface area contributed by atoms with Crippen LogP contribution in [0.2, 0.25) is 0 Å². The molecule has 1 rings (SSSR count). The second-order valence-electron chi connectivity index (χ2n) is 1.87. The third-order valence-electron chi connectivity index (χ3n) is 1.10. The Balaban J connectivity index is 3.28. The van der Waals surface area contributed by atoms with E-state index in [9.17, 15) is 0 Å². The summed E-state index contributed by atoms with van der Waals surface area (Å²) in [6, 6.07) is 1.64. The Hall–Kier alpha value is 0.160. The van der Waals surface area contributed by atoms with E-state index in [-0.39, 0.29) is 5.75 Å². The summed E-state index contributed by atoms with van der Waals surface area (Å²) in [5.74, 6) is 0.229. The zero-order valence-electron chi connectivity index (χ0n) is 5.23. The fourth-order valence-electron chi connectivity index (χ4n) is 0.542. The number of halogens is 2. The highest BCUT2D eigenvalue weighted by atomic mass is 127. The molecule has 1 N–H and O–H groups in total. The summed E-state index contributed by atoms with van der Waals surface area (Å²) in [7, 11) is 0. The van der Waals surface area contributed by atoms with Crippen molar-refractivity contribution in [1.29, 1.82) is 0 Å². The van der Waals surface area contributed by atoms with Crippen LogP contribution in [0.1, 0.15) is 5.69 Å². The molecule has 0 fully saturated rings. The Morgan fingerprint density at radius 3 is 2.80 bits per heavy atom. The summed E-state index contributed by atoms with van der Waals surface area (Å²) < 4.78 is 1.70. The average Bonchev–Trinajstić information content (AvgIpc) is 1.84. The van der Waals surface area contributed by atoms with Gasteiger partial charge in [0, 0.05) is 0 Å². The molecular formula is C6H5BrINO. The smallest absolute Gasteiger partial charge is 0.137 e. The Labute approximate surface area is 80.9 Å². The first-order chi connectivity index (χ1) is 4.61. The number of pyridine rings is 1. The van der Waals surface area contributed by atoms with Crippen molar-refractivity contribution in [3.05, 3.63) is 19.9 Å². The molecule has 0 atom stereocenters. The lowest BCUT2D eigenvalue weighted by Gasteiger charge is -1.99. The lowest BCUT2D eigenvalue weighted by Crippen LogP contribution is -1.86. The van der Waals surface area contributed by atoms with Crippen LogP contribution in [0, 0.1) is 10.6 Å². The van der Waals surface area contributed by atoms with E-state index in [1.54, 1.807) is 13.0 Å². The van der Waals surface area contributed by atoms with Crippen molar-refractivity contribution in [1.82, 2.24) is 4.98 Å². The normalized spacial score (nSPS) is 9.90. The van der Waals surface area contributed by atoms with Crippen LogP contribution in [0.4, 0.5) is 0 Å². The zero-order valence-corrected chi connectivity index (χ0v) is 8.97. The third-order valence-corrected chi connectivity index (χ3v) is 3.27. The average molecular weight is 314 g/mol. The molecule has 0 aliphatic heterocycles. The first-order valence-electron chi connectivity index (χ1n) is 2.63. The molecular weight excluding hydrogens is 309 g/mol. The van der Waals surface area contributed by atoms with Gasteiger partial charge in [0.15, 0.2) is 0 Å². The van der Waals surface area contributed by atoms with E-state index in [2.05, 4.69) is 43.5 Å². The van der Waals surface area contributed by atoms with Crippen LogP contribution >= 0.6 is 38.5 Å². The molecule has 0 aliphatic carbocycles. The molecule has 0 aromatic carbocycles. The summed E-state index contributed by atoms with van der Waals surface area (Å²) >= 11 is 5.35. The van der Waals surface area contributed by atoms with Crippen molar-refractivity contribution in [2.45, 2.75) is 6.92 Å². The molecule has 4 heteroatoms. The molecule has 1 heterocycles.